The highest BCUT2D eigenvalue weighted by atomic mass is 16.6. The van der Waals surface area contributed by atoms with E-state index in [1.807, 2.05) is 25.1 Å². The average Bonchev–Trinajstić information content (AvgIpc) is 2.49. The van der Waals surface area contributed by atoms with Gasteiger partial charge in [0.05, 0.1) is 0 Å². The van der Waals surface area contributed by atoms with Gasteiger partial charge in [0.1, 0.15) is 5.60 Å². The first-order valence-electron chi connectivity index (χ1n) is 7.58. The second kappa shape index (κ2) is 6.40. The van der Waals surface area contributed by atoms with Gasteiger partial charge in [-0.2, -0.15) is 0 Å². The number of carbonyl (C=O) groups excluding carboxylic acids is 1. The summed E-state index contributed by atoms with van der Waals surface area (Å²) in [6, 6.07) is 10.3. The van der Waals surface area contributed by atoms with Crippen molar-refractivity contribution >= 4 is 5.97 Å². The van der Waals surface area contributed by atoms with Crippen molar-refractivity contribution < 1.29 is 9.53 Å². The molecule has 0 unspecified atom stereocenters. The van der Waals surface area contributed by atoms with Crippen LogP contribution >= 0.6 is 0 Å². The van der Waals surface area contributed by atoms with Crippen LogP contribution in [0.25, 0.3) is 0 Å². The molecule has 0 bridgehead atoms. The van der Waals surface area contributed by atoms with Crippen molar-refractivity contribution in [2.24, 2.45) is 5.92 Å². The summed E-state index contributed by atoms with van der Waals surface area (Å²) in [6.07, 6.45) is 2.31. The van der Waals surface area contributed by atoms with E-state index in [1.54, 1.807) is 0 Å². The summed E-state index contributed by atoms with van der Waals surface area (Å²) in [5.41, 5.74) is 0.692. The standard InChI is InChI=1S/C17H25NO2/c1-4-14-13-18(3)12-11-17(14,20-16(19)5-2)15-9-7-6-8-10-15/h6-10,14H,4-5,11-13H2,1-3H3/t14-,17+/m1/s1. The maximum Gasteiger partial charge on any atom is 0.306 e. The SMILES string of the molecule is CCC(=O)O[C@@]1(c2ccccc2)CCN(C)C[C@H]1CC. The Morgan fingerprint density at radius 3 is 2.65 bits per heavy atom. The third-order valence-electron chi connectivity index (χ3n) is 4.40. The Bertz CT molecular complexity index is 446. The number of likely N-dealkylation sites (tertiary alicyclic amines) is 1. The van der Waals surface area contributed by atoms with Crippen LogP contribution in [-0.4, -0.2) is 31.0 Å². The molecule has 0 amide bonds. The van der Waals surface area contributed by atoms with Crippen molar-refractivity contribution in [2.75, 3.05) is 20.1 Å². The van der Waals surface area contributed by atoms with Gasteiger partial charge in [0, 0.05) is 31.8 Å². The van der Waals surface area contributed by atoms with E-state index < -0.39 is 5.60 Å². The minimum atomic E-state index is -0.449. The van der Waals surface area contributed by atoms with Crippen LogP contribution in [0.15, 0.2) is 30.3 Å². The molecule has 1 aliphatic heterocycles. The topological polar surface area (TPSA) is 29.5 Å². The van der Waals surface area contributed by atoms with Gasteiger partial charge in [-0.05, 0) is 19.0 Å². The molecule has 3 nitrogen and oxygen atoms in total. The van der Waals surface area contributed by atoms with Crippen LogP contribution in [0.1, 0.15) is 38.7 Å². The molecule has 1 saturated heterocycles. The number of nitrogens with zero attached hydrogens (tertiary/aromatic N) is 1. The monoisotopic (exact) mass is 275 g/mol. The quantitative estimate of drug-likeness (QED) is 0.790. The van der Waals surface area contributed by atoms with E-state index in [4.69, 9.17) is 4.74 Å². The summed E-state index contributed by atoms with van der Waals surface area (Å²) in [5, 5.41) is 0. The summed E-state index contributed by atoms with van der Waals surface area (Å²) in [5.74, 6) is 0.246. The number of carbonyl (C=O) groups is 1. The van der Waals surface area contributed by atoms with E-state index in [1.165, 1.54) is 0 Å². The van der Waals surface area contributed by atoms with Crippen LogP contribution in [0, 0.1) is 5.92 Å². The van der Waals surface area contributed by atoms with Crippen molar-refractivity contribution in [1.82, 2.24) is 4.90 Å². The molecule has 0 aliphatic carbocycles. The number of piperidine rings is 1. The fourth-order valence-corrected chi connectivity index (χ4v) is 3.20. The van der Waals surface area contributed by atoms with Gasteiger partial charge in [0.15, 0.2) is 0 Å². The Labute approximate surface area is 121 Å². The Morgan fingerprint density at radius 1 is 1.35 bits per heavy atom. The fourth-order valence-electron chi connectivity index (χ4n) is 3.20. The molecule has 3 heteroatoms. The highest BCUT2D eigenvalue weighted by Crippen LogP contribution is 2.42. The van der Waals surface area contributed by atoms with Crippen LogP contribution < -0.4 is 0 Å². The number of benzene rings is 1. The molecule has 2 atom stereocenters. The van der Waals surface area contributed by atoms with Gasteiger partial charge in [-0.15, -0.1) is 0 Å². The van der Waals surface area contributed by atoms with Crippen LogP contribution in [0.2, 0.25) is 0 Å². The number of hydrogen-bond acceptors (Lipinski definition) is 3. The zero-order valence-corrected chi connectivity index (χ0v) is 12.8. The lowest BCUT2D eigenvalue weighted by Gasteiger charge is -2.46. The lowest BCUT2D eigenvalue weighted by molar-refractivity contribution is -0.176. The first-order chi connectivity index (χ1) is 9.62. The van der Waals surface area contributed by atoms with E-state index in [2.05, 4.69) is 31.0 Å². The number of ether oxygens (including phenoxy) is 1. The van der Waals surface area contributed by atoms with E-state index in [9.17, 15) is 4.79 Å². The van der Waals surface area contributed by atoms with Crippen LogP contribution in [0.5, 0.6) is 0 Å². The largest absolute Gasteiger partial charge is 0.454 e. The second-order valence-corrected chi connectivity index (χ2v) is 5.70. The van der Waals surface area contributed by atoms with Crippen molar-refractivity contribution in [3.8, 4) is 0 Å². The summed E-state index contributed by atoms with van der Waals surface area (Å²) in [7, 11) is 2.14. The highest BCUT2D eigenvalue weighted by Gasteiger charge is 2.45. The maximum absolute atomic E-state index is 12.0. The minimum absolute atomic E-state index is 0.100. The summed E-state index contributed by atoms with van der Waals surface area (Å²) < 4.78 is 6.00. The molecule has 0 radical (unpaired) electrons. The van der Waals surface area contributed by atoms with Crippen molar-refractivity contribution in [3.63, 3.8) is 0 Å². The van der Waals surface area contributed by atoms with Gasteiger partial charge in [-0.1, -0.05) is 44.2 Å². The van der Waals surface area contributed by atoms with Crippen molar-refractivity contribution in [2.45, 2.75) is 38.7 Å². The van der Waals surface area contributed by atoms with Crippen LogP contribution in [-0.2, 0) is 15.1 Å². The molecule has 1 fully saturated rings. The van der Waals surface area contributed by atoms with E-state index in [0.29, 0.717) is 12.3 Å². The number of rotatable bonds is 4. The van der Waals surface area contributed by atoms with E-state index >= 15 is 0 Å². The zero-order chi connectivity index (χ0) is 14.6. The number of hydrogen-bond donors (Lipinski definition) is 0. The normalized spacial score (nSPS) is 27.2. The highest BCUT2D eigenvalue weighted by molar-refractivity contribution is 5.69. The third kappa shape index (κ3) is 2.88. The number of esters is 1. The Balaban J connectivity index is 2.40. The minimum Gasteiger partial charge on any atom is -0.454 e. The van der Waals surface area contributed by atoms with Gasteiger partial charge in [0.2, 0.25) is 0 Å². The molecule has 1 aliphatic rings. The van der Waals surface area contributed by atoms with Crippen molar-refractivity contribution in [1.29, 1.82) is 0 Å². The predicted molar refractivity (Wildman–Crippen MR) is 80.4 cm³/mol. The van der Waals surface area contributed by atoms with Gasteiger partial charge in [-0.3, -0.25) is 4.79 Å². The van der Waals surface area contributed by atoms with E-state index in [-0.39, 0.29) is 5.97 Å². The molecule has 0 spiro atoms. The summed E-state index contributed by atoms with van der Waals surface area (Å²) in [4.78, 5) is 14.3. The lowest BCUT2D eigenvalue weighted by atomic mass is 9.74. The Kier molecular flexibility index (Phi) is 4.81. The Morgan fingerprint density at radius 2 is 2.05 bits per heavy atom. The van der Waals surface area contributed by atoms with Crippen molar-refractivity contribution in [3.05, 3.63) is 35.9 Å². The smallest absolute Gasteiger partial charge is 0.306 e. The molecule has 1 heterocycles. The predicted octanol–water partition coefficient (Wildman–Crippen LogP) is 3.20. The van der Waals surface area contributed by atoms with Gasteiger partial charge in [0.25, 0.3) is 0 Å². The first kappa shape index (κ1) is 15.0. The molecule has 0 aromatic heterocycles. The van der Waals surface area contributed by atoms with Gasteiger partial charge < -0.3 is 9.64 Å². The molecular weight excluding hydrogens is 250 g/mol. The molecule has 0 N–H and O–H groups in total. The fraction of sp³-hybridized carbons (Fsp3) is 0.588. The summed E-state index contributed by atoms with van der Waals surface area (Å²) in [6.45, 7) is 5.98. The second-order valence-electron chi connectivity index (χ2n) is 5.70. The molecule has 1 aromatic carbocycles. The molecule has 0 saturated carbocycles. The lowest BCUT2D eigenvalue weighted by Crippen LogP contribution is -2.51. The molecule has 20 heavy (non-hydrogen) atoms. The first-order valence-corrected chi connectivity index (χ1v) is 7.58. The van der Waals surface area contributed by atoms with Crippen LogP contribution in [0.3, 0.4) is 0 Å². The van der Waals surface area contributed by atoms with Gasteiger partial charge in [-0.25, -0.2) is 0 Å². The molecule has 2 rings (SSSR count). The maximum atomic E-state index is 12.0. The summed E-state index contributed by atoms with van der Waals surface area (Å²) >= 11 is 0. The third-order valence-corrected chi connectivity index (χ3v) is 4.40. The average molecular weight is 275 g/mol. The van der Waals surface area contributed by atoms with Crippen LogP contribution in [0.4, 0.5) is 0 Å². The molecular formula is C17H25NO2. The Hall–Kier alpha value is -1.35. The van der Waals surface area contributed by atoms with Gasteiger partial charge >= 0.3 is 5.97 Å². The van der Waals surface area contributed by atoms with E-state index in [0.717, 1.165) is 31.5 Å². The zero-order valence-electron chi connectivity index (χ0n) is 12.8. The molecule has 1 aromatic rings. The molecule has 110 valence electrons.